The van der Waals surface area contributed by atoms with Crippen molar-refractivity contribution < 1.29 is 19.4 Å². The first-order chi connectivity index (χ1) is 17.7. The van der Waals surface area contributed by atoms with Gasteiger partial charge in [0.1, 0.15) is 17.5 Å². The number of thiazole rings is 1. The van der Waals surface area contributed by atoms with Crippen LogP contribution in [0.15, 0.2) is 55.9 Å². The zero-order valence-electron chi connectivity index (χ0n) is 20.2. The van der Waals surface area contributed by atoms with Crippen molar-refractivity contribution >= 4 is 73.5 Å². The minimum atomic E-state index is -0.820. The molecule has 4 rings (SSSR count). The topological polar surface area (TPSA) is 90.1 Å². The molecule has 7 nitrogen and oxygen atoms in total. The number of carbonyl (C=O) groups excluding carboxylic acids is 1. The summed E-state index contributed by atoms with van der Waals surface area (Å²) in [5, 5.41) is 11.0. The molecule has 0 saturated heterocycles. The molecule has 37 heavy (non-hydrogen) atoms. The van der Waals surface area contributed by atoms with Crippen LogP contribution in [0.5, 0.6) is 11.5 Å². The van der Waals surface area contributed by atoms with Crippen LogP contribution in [0.4, 0.5) is 0 Å². The summed E-state index contributed by atoms with van der Waals surface area (Å²) in [7, 11) is 1.54. The van der Waals surface area contributed by atoms with E-state index in [0.717, 1.165) is 10.9 Å². The molecule has 1 aliphatic heterocycles. The number of hydrogen-bond donors (Lipinski definition) is 1. The number of phenols is 1. The molecule has 0 spiro atoms. The first-order valence-corrected chi connectivity index (χ1v) is 14.5. The predicted molar refractivity (Wildman–Crippen MR) is 156 cm³/mol. The first-order valence-electron chi connectivity index (χ1n) is 11.4. The number of nitrogens with zero attached hydrogens (tertiary/aromatic N) is 2. The van der Waals surface area contributed by atoms with Crippen molar-refractivity contribution in [2.45, 2.75) is 32.7 Å². The highest BCUT2D eigenvalue weighted by atomic mass is 127. The van der Waals surface area contributed by atoms with Gasteiger partial charge in [-0.2, -0.15) is 0 Å². The highest BCUT2D eigenvalue weighted by Crippen LogP contribution is 2.38. The number of fused-ring (bicyclic) bond motifs is 1. The van der Waals surface area contributed by atoms with Crippen LogP contribution in [-0.4, -0.2) is 29.4 Å². The third-order valence-electron chi connectivity index (χ3n) is 5.72. The highest BCUT2D eigenvalue weighted by molar-refractivity contribution is 14.1. The van der Waals surface area contributed by atoms with Crippen LogP contribution in [0.3, 0.4) is 0 Å². The Morgan fingerprint density at radius 3 is 2.76 bits per heavy atom. The van der Waals surface area contributed by atoms with Gasteiger partial charge in [0.15, 0.2) is 4.80 Å². The van der Waals surface area contributed by atoms with E-state index in [2.05, 4.69) is 15.9 Å². The fourth-order valence-corrected chi connectivity index (χ4v) is 6.62. The van der Waals surface area contributed by atoms with E-state index in [1.54, 1.807) is 38.3 Å². The van der Waals surface area contributed by atoms with Gasteiger partial charge in [0.25, 0.3) is 5.56 Å². The molecule has 0 unspecified atom stereocenters. The number of esters is 1. The van der Waals surface area contributed by atoms with Crippen molar-refractivity contribution in [1.82, 2.24) is 4.57 Å². The maximum absolute atomic E-state index is 13.9. The molecular formula is C26H23BrClIN2O5S. The van der Waals surface area contributed by atoms with E-state index < -0.39 is 12.0 Å². The summed E-state index contributed by atoms with van der Waals surface area (Å²) in [5.41, 5.74) is 1.55. The van der Waals surface area contributed by atoms with E-state index in [1.807, 2.05) is 41.6 Å². The highest BCUT2D eigenvalue weighted by Gasteiger charge is 2.36. The second kappa shape index (κ2) is 11.7. The number of aromatic hydroxyl groups is 1. The summed E-state index contributed by atoms with van der Waals surface area (Å²) < 4.78 is 14.2. The van der Waals surface area contributed by atoms with Gasteiger partial charge < -0.3 is 14.6 Å². The van der Waals surface area contributed by atoms with Gasteiger partial charge in [0.2, 0.25) is 0 Å². The SMILES string of the molecule is CCCC1=C(C(=O)OCC)[C@@H](c2cc(Br)ccc2OC)n2c(s/c(=C/c3cc(Cl)cc(I)c3O)c2=O)=N1. The summed E-state index contributed by atoms with van der Waals surface area (Å²) in [5.74, 6) is 0.0161. The summed E-state index contributed by atoms with van der Waals surface area (Å²) in [4.78, 5) is 32.4. The maximum atomic E-state index is 13.9. The van der Waals surface area contributed by atoms with Gasteiger partial charge in [-0.3, -0.25) is 9.36 Å². The lowest BCUT2D eigenvalue weighted by molar-refractivity contribution is -0.139. The van der Waals surface area contributed by atoms with Crippen molar-refractivity contribution in [3.63, 3.8) is 0 Å². The standard InChI is InChI=1S/C26H23BrClIN2O5S/c1-4-6-18-21(25(34)36-5-2)22(16-11-14(27)7-8-19(16)35-3)31-24(33)20(37-26(31)30-18)10-13-9-15(28)12-17(29)23(13)32/h7-12,22,32H,4-6H2,1-3H3/b20-10+/t22-/m1/s1. The molecule has 1 atom stereocenters. The monoisotopic (exact) mass is 716 g/mol. The van der Waals surface area contributed by atoms with Gasteiger partial charge in [0, 0.05) is 20.6 Å². The number of rotatable bonds is 7. The number of hydrogen-bond acceptors (Lipinski definition) is 7. The first kappa shape index (κ1) is 27.9. The predicted octanol–water partition coefficient (Wildman–Crippen LogP) is 5.31. The quantitative estimate of drug-likeness (QED) is 0.265. The number of methoxy groups -OCH3 is 1. The fraction of sp³-hybridized carbons (Fsp3) is 0.269. The van der Waals surface area contributed by atoms with Crippen LogP contribution in [-0.2, 0) is 9.53 Å². The summed E-state index contributed by atoms with van der Waals surface area (Å²) >= 11 is 12.9. The van der Waals surface area contributed by atoms with Crippen LogP contribution >= 0.6 is 61.5 Å². The van der Waals surface area contributed by atoms with Gasteiger partial charge >= 0.3 is 5.97 Å². The Kier molecular flexibility index (Phi) is 8.82. The largest absolute Gasteiger partial charge is 0.506 e. The maximum Gasteiger partial charge on any atom is 0.338 e. The van der Waals surface area contributed by atoms with Crippen molar-refractivity contribution in [1.29, 1.82) is 0 Å². The molecule has 0 aliphatic carbocycles. The third kappa shape index (κ3) is 5.52. The minimum Gasteiger partial charge on any atom is -0.506 e. The van der Waals surface area contributed by atoms with E-state index >= 15 is 0 Å². The van der Waals surface area contributed by atoms with Crippen LogP contribution in [0.1, 0.15) is 43.9 Å². The normalized spacial score (nSPS) is 15.4. The lowest BCUT2D eigenvalue weighted by Crippen LogP contribution is -2.40. The molecule has 0 fully saturated rings. The lowest BCUT2D eigenvalue weighted by Gasteiger charge is -2.27. The molecule has 2 heterocycles. The molecule has 1 aromatic heterocycles. The minimum absolute atomic E-state index is 0.0277. The zero-order valence-corrected chi connectivity index (χ0v) is 25.5. The van der Waals surface area contributed by atoms with Gasteiger partial charge in [-0.1, -0.05) is 52.2 Å². The van der Waals surface area contributed by atoms with Crippen molar-refractivity contribution in [3.05, 3.63) is 85.5 Å². The Balaban J connectivity index is 2.08. The number of carbonyl (C=O) groups is 1. The summed E-state index contributed by atoms with van der Waals surface area (Å²) in [6.45, 7) is 3.92. The van der Waals surface area contributed by atoms with Crippen LogP contribution < -0.4 is 19.6 Å². The molecular weight excluding hydrogens is 695 g/mol. The molecule has 0 radical (unpaired) electrons. The Hall–Kier alpha value is -2.15. The molecule has 1 aliphatic rings. The Bertz CT molecular complexity index is 1600. The molecule has 3 aromatic rings. The fourth-order valence-electron chi connectivity index (χ4n) is 4.17. The van der Waals surface area contributed by atoms with Crippen molar-refractivity contribution in [2.75, 3.05) is 13.7 Å². The molecule has 0 saturated carbocycles. The Morgan fingerprint density at radius 1 is 1.32 bits per heavy atom. The van der Waals surface area contributed by atoms with Gasteiger partial charge in [0.05, 0.1) is 33.1 Å². The third-order valence-corrected chi connectivity index (χ3v) is 8.24. The average Bonchev–Trinajstić information content (AvgIpc) is 3.16. The van der Waals surface area contributed by atoms with Gasteiger partial charge in [-0.15, -0.1) is 0 Å². The number of benzene rings is 2. The van der Waals surface area contributed by atoms with E-state index in [4.69, 9.17) is 26.1 Å². The van der Waals surface area contributed by atoms with E-state index in [9.17, 15) is 14.7 Å². The van der Waals surface area contributed by atoms with Crippen LogP contribution in [0, 0.1) is 3.57 Å². The smallest absolute Gasteiger partial charge is 0.338 e. The van der Waals surface area contributed by atoms with Crippen molar-refractivity contribution in [3.8, 4) is 11.5 Å². The Morgan fingerprint density at radius 2 is 2.08 bits per heavy atom. The Labute approximate surface area is 244 Å². The number of aromatic nitrogens is 1. The van der Waals surface area contributed by atoms with Crippen LogP contribution in [0.2, 0.25) is 5.02 Å². The summed E-state index contributed by atoms with van der Waals surface area (Å²) in [6.07, 6.45) is 2.86. The zero-order chi connectivity index (χ0) is 26.9. The molecule has 2 aromatic carbocycles. The summed E-state index contributed by atoms with van der Waals surface area (Å²) in [6, 6.07) is 7.86. The van der Waals surface area contributed by atoms with E-state index in [1.165, 1.54) is 15.9 Å². The van der Waals surface area contributed by atoms with Crippen LogP contribution in [0.25, 0.3) is 6.08 Å². The molecule has 11 heteroatoms. The second-order valence-electron chi connectivity index (χ2n) is 8.13. The number of phenolic OH excluding ortho intramolecular Hbond substituents is 1. The number of ether oxygens (including phenoxy) is 2. The van der Waals surface area contributed by atoms with E-state index in [-0.39, 0.29) is 17.9 Å². The molecule has 0 amide bonds. The average molecular weight is 718 g/mol. The molecule has 194 valence electrons. The second-order valence-corrected chi connectivity index (χ2v) is 11.6. The molecule has 0 bridgehead atoms. The molecule has 1 N–H and O–H groups in total. The van der Waals surface area contributed by atoms with Gasteiger partial charge in [-0.05, 0) is 72.3 Å². The number of allylic oxidation sites excluding steroid dienone is 1. The van der Waals surface area contributed by atoms with Crippen molar-refractivity contribution in [2.24, 2.45) is 4.99 Å². The van der Waals surface area contributed by atoms with Gasteiger partial charge in [-0.25, -0.2) is 9.79 Å². The lowest BCUT2D eigenvalue weighted by atomic mass is 9.93. The number of halogens is 3. The van der Waals surface area contributed by atoms with E-state index in [0.29, 0.717) is 52.5 Å².